The SMILES string of the molecule is COc1c(Cl)cc(/C=C(\C#N)C(=O)N2CCN(c3ccccc3)CC2)cc1Br. The molecule has 0 spiro atoms. The van der Waals surface area contributed by atoms with Crippen molar-refractivity contribution in [2.75, 3.05) is 38.2 Å². The third-order valence-electron chi connectivity index (χ3n) is 4.57. The predicted octanol–water partition coefficient (Wildman–Crippen LogP) is 4.37. The fraction of sp³-hybridized carbons (Fsp3) is 0.238. The number of carbonyl (C=O) groups is 1. The lowest BCUT2D eigenvalue weighted by molar-refractivity contribution is -0.126. The number of ether oxygens (including phenoxy) is 1. The number of piperazine rings is 1. The number of nitrogens with zero attached hydrogens (tertiary/aromatic N) is 3. The normalized spacial score (nSPS) is 14.6. The van der Waals surface area contributed by atoms with Gasteiger partial charge in [0.25, 0.3) is 5.91 Å². The van der Waals surface area contributed by atoms with Crippen LogP contribution in [0.4, 0.5) is 5.69 Å². The number of hydrogen-bond acceptors (Lipinski definition) is 4. The summed E-state index contributed by atoms with van der Waals surface area (Å²) >= 11 is 9.59. The van der Waals surface area contributed by atoms with Gasteiger partial charge in [-0.05, 0) is 51.8 Å². The van der Waals surface area contributed by atoms with Gasteiger partial charge in [-0.1, -0.05) is 29.8 Å². The van der Waals surface area contributed by atoms with E-state index < -0.39 is 0 Å². The zero-order valence-electron chi connectivity index (χ0n) is 15.4. The molecule has 0 bridgehead atoms. The molecule has 2 aromatic carbocycles. The van der Waals surface area contributed by atoms with Crippen LogP contribution in [-0.4, -0.2) is 44.1 Å². The zero-order valence-corrected chi connectivity index (χ0v) is 17.7. The molecule has 7 heteroatoms. The van der Waals surface area contributed by atoms with Crippen LogP contribution in [0.3, 0.4) is 0 Å². The predicted molar refractivity (Wildman–Crippen MR) is 115 cm³/mol. The Kier molecular flexibility index (Phi) is 6.61. The van der Waals surface area contributed by atoms with E-state index in [-0.39, 0.29) is 11.5 Å². The van der Waals surface area contributed by atoms with Gasteiger partial charge in [0.15, 0.2) is 5.75 Å². The molecule has 0 N–H and O–H groups in total. The average molecular weight is 461 g/mol. The molecule has 0 radical (unpaired) electrons. The molecule has 2 aromatic rings. The molecule has 0 saturated carbocycles. The maximum absolute atomic E-state index is 12.8. The van der Waals surface area contributed by atoms with E-state index in [0.29, 0.717) is 33.9 Å². The summed E-state index contributed by atoms with van der Waals surface area (Å²) in [6, 6.07) is 15.6. The van der Waals surface area contributed by atoms with Gasteiger partial charge >= 0.3 is 0 Å². The highest BCUT2D eigenvalue weighted by atomic mass is 79.9. The molecule has 1 aliphatic heterocycles. The number of halogens is 2. The molecule has 144 valence electrons. The monoisotopic (exact) mass is 459 g/mol. The Hall–Kier alpha value is -2.49. The van der Waals surface area contributed by atoms with Gasteiger partial charge < -0.3 is 14.5 Å². The van der Waals surface area contributed by atoms with Crippen LogP contribution in [0.15, 0.2) is 52.5 Å². The molecule has 1 aliphatic rings. The maximum Gasteiger partial charge on any atom is 0.264 e. The first-order valence-corrected chi connectivity index (χ1v) is 9.94. The number of anilines is 1. The Morgan fingerprint density at radius 1 is 1.21 bits per heavy atom. The summed E-state index contributed by atoms with van der Waals surface area (Å²) in [4.78, 5) is 16.8. The summed E-state index contributed by atoms with van der Waals surface area (Å²) in [5, 5.41) is 9.92. The van der Waals surface area contributed by atoms with E-state index in [1.807, 2.05) is 24.3 Å². The lowest BCUT2D eigenvalue weighted by Crippen LogP contribution is -2.49. The van der Waals surface area contributed by atoms with Crippen molar-refractivity contribution in [2.45, 2.75) is 0 Å². The second-order valence-corrected chi connectivity index (χ2v) is 7.56. The van der Waals surface area contributed by atoms with E-state index in [0.717, 1.165) is 18.8 Å². The van der Waals surface area contributed by atoms with Crippen LogP contribution in [0.5, 0.6) is 5.75 Å². The quantitative estimate of drug-likeness (QED) is 0.502. The van der Waals surface area contributed by atoms with Gasteiger partial charge in [0.1, 0.15) is 11.6 Å². The fourth-order valence-corrected chi connectivity index (χ4v) is 4.20. The molecular formula is C21H19BrClN3O2. The number of rotatable bonds is 4. The highest BCUT2D eigenvalue weighted by Crippen LogP contribution is 2.34. The van der Waals surface area contributed by atoms with Crippen LogP contribution in [0, 0.1) is 11.3 Å². The number of para-hydroxylation sites is 1. The van der Waals surface area contributed by atoms with Gasteiger partial charge in [-0.25, -0.2) is 0 Å². The first-order chi connectivity index (χ1) is 13.5. The first-order valence-electron chi connectivity index (χ1n) is 8.77. The van der Waals surface area contributed by atoms with Crippen LogP contribution < -0.4 is 9.64 Å². The van der Waals surface area contributed by atoms with Crippen molar-refractivity contribution in [3.63, 3.8) is 0 Å². The van der Waals surface area contributed by atoms with Gasteiger partial charge in [0, 0.05) is 31.9 Å². The van der Waals surface area contributed by atoms with Gasteiger partial charge in [-0.2, -0.15) is 5.26 Å². The molecule has 0 aliphatic carbocycles. The molecular weight excluding hydrogens is 442 g/mol. The van der Waals surface area contributed by atoms with Crippen molar-refractivity contribution in [3.8, 4) is 11.8 Å². The number of hydrogen-bond donors (Lipinski definition) is 0. The van der Waals surface area contributed by atoms with Crippen LogP contribution >= 0.6 is 27.5 Å². The molecule has 0 atom stereocenters. The number of methoxy groups -OCH3 is 1. The molecule has 1 saturated heterocycles. The molecule has 0 aromatic heterocycles. The minimum Gasteiger partial charge on any atom is -0.494 e. The fourth-order valence-electron chi connectivity index (χ4n) is 3.14. The number of benzene rings is 2. The molecule has 0 unspecified atom stereocenters. The Morgan fingerprint density at radius 3 is 2.46 bits per heavy atom. The summed E-state index contributed by atoms with van der Waals surface area (Å²) in [6.45, 7) is 2.60. The second-order valence-electron chi connectivity index (χ2n) is 6.30. The minimum atomic E-state index is -0.265. The third kappa shape index (κ3) is 4.49. The smallest absolute Gasteiger partial charge is 0.264 e. The average Bonchev–Trinajstić information content (AvgIpc) is 2.72. The first kappa shape index (κ1) is 20.2. The van der Waals surface area contributed by atoms with E-state index in [1.165, 1.54) is 7.11 Å². The highest BCUT2D eigenvalue weighted by molar-refractivity contribution is 9.10. The minimum absolute atomic E-state index is 0.0845. The highest BCUT2D eigenvalue weighted by Gasteiger charge is 2.24. The van der Waals surface area contributed by atoms with Gasteiger partial charge in [-0.3, -0.25) is 4.79 Å². The Bertz CT molecular complexity index is 909. The topological polar surface area (TPSA) is 56.6 Å². The standard InChI is InChI=1S/C21H19BrClN3O2/c1-28-20-18(22)12-15(13-19(20)23)11-16(14-24)21(27)26-9-7-25(8-10-26)17-5-3-2-4-6-17/h2-6,11-13H,7-10H2,1H3/b16-11+. The zero-order chi connectivity index (χ0) is 20.1. The maximum atomic E-state index is 12.8. The summed E-state index contributed by atoms with van der Waals surface area (Å²) in [6.07, 6.45) is 1.56. The van der Waals surface area contributed by atoms with Crippen molar-refractivity contribution in [2.24, 2.45) is 0 Å². The van der Waals surface area contributed by atoms with Crippen molar-refractivity contribution < 1.29 is 9.53 Å². The van der Waals surface area contributed by atoms with Crippen molar-refractivity contribution in [3.05, 3.63) is 63.1 Å². The van der Waals surface area contributed by atoms with Crippen LogP contribution in [0.25, 0.3) is 6.08 Å². The summed E-state index contributed by atoms with van der Waals surface area (Å²) in [7, 11) is 1.53. The molecule has 5 nitrogen and oxygen atoms in total. The summed E-state index contributed by atoms with van der Waals surface area (Å²) in [5.74, 6) is 0.249. The van der Waals surface area contributed by atoms with Gasteiger partial charge in [-0.15, -0.1) is 0 Å². The lowest BCUT2D eigenvalue weighted by atomic mass is 10.1. The summed E-state index contributed by atoms with van der Waals surface area (Å²) in [5.41, 5.74) is 1.88. The van der Waals surface area contributed by atoms with Crippen LogP contribution in [0.1, 0.15) is 5.56 Å². The largest absolute Gasteiger partial charge is 0.494 e. The number of amides is 1. The second kappa shape index (κ2) is 9.13. The molecule has 1 heterocycles. The summed E-state index contributed by atoms with van der Waals surface area (Å²) < 4.78 is 5.87. The van der Waals surface area contributed by atoms with E-state index in [9.17, 15) is 10.1 Å². The third-order valence-corrected chi connectivity index (χ3v) is 5.44. The Labute approximate surface area is 177 Å². The van der Waals surface area contributed by atoms with Crippen molar-refractivity contribution >= 4 is 45.2 Å². The molecule has 28 heavy (non-hydrogen) atoms. The van der Waals surface area contributed by atoms with E-state index in [2.05, 4.69) is 33.0 Å². The molecule has 3 rings (SSSR count). The van der Waals surface area contributed by atoms with Crippen LogP contribution in [-0.2, 0) is 4.79 Å². The van der Waals surface area contributed by atoms with E-state index in [1.54, 1.807) is 23.1 Å². The number of carbonyl (C=O) groups excluding carboxylic acids is 1. The van der Waals surface area contributed by atoms with E-state index in [4.69, 9.17) is 16.3 Å². The molecule has 1 amide bonds. The van der Waals surface area contributed by atoms with Crippen LogP contribution in [0.2, 0.25) is 5.02 Å². The van der Waals surface area contributed by atoms with Crippen molar-refractivity contribution in [1.82, 2.24) is 4.90 Å². The Balaban J connectivity index is 1.73. The van der Waals surface area contributed by atoms with Gasteiger partial charge in [0.2, 0.25) is 0 Å². The number of nitriles is 1. The van der Waals surface area contributed by atoms with E-state index >= 15 is 0 Å². The lowest BCUT2D eigenvalue weighted by Gasteiger charge is -2.36. The molecule has 1 fully saturated rings. The van der Waals surface area contributed by atoms with Gasteiger partial charge in [0.05, 0.1) is 16.6 Å². The Morgan fingerprint density at radius 2 is 1.89 bits per heavy atom. The van der Waals surface area contributed by atoms with Crippen molar-refractivity contribution in [1.29, 1.82) is 5.26 Å².